The van der Waals surface area contributed by atoms with Crippen LogP contribution in [0.5, 0.6) is 17.4 Å². The maximum atomic E-state index is 5.93. The molecule has 0 bridgehead atoms. The molecule has 0 saturated heterocycles. The average molecular weight is 287 g/mol. The Kier molecular flexibility index (Phi) is 4.31. The zero-order valence-electron chi connectivity index (χ0n) is 13.1. The zero-order chi connectivity index (χ0) is 15.5. The third kappa shape index (κ3) is 3.62. The minimum Gasteiger partial charge on any atom is -0.497 e. The molecular formula is C16H21N3O2. The standard InChI is InChI=1S/C16H21N3O2/c1-16(2,3)12-8-11(20-5)6-7-13(12)21-15-9-14(17-4)18-10-19-15/h6-10H,1-5H3,(H,17,18,19). The molecule has 112 valence electrons. The summed E-state index contributed by atoms with van der Waals surface area (Å²) in [6.07, 6.45) is 1.47. The normalized spacial score (nSPS) is 11.1. The third-order valence-electron chi connectivity index (χ3n) is 3.11. The molecule has 1 heterocycles. The molecule has 5 heteroatoms. The number of hydrogen-bond acceptors (Lipinski definition) is 5. The van der Waals surface area contributed by atoms with Gasteiger partial charge in [0.25, 0.3) is 0 Å². The summed E-state index contributed by atoms with van der Waals surface area (Å²) in [5.41, 5.74) is 0.995. The van der Waals surface area contributed by atoms with Gasteiger partial charge < -0.3 is 14.8 Å². The number of methoxy groups -OCH3 is 1. The number of rotatable bonds is 4. The predicted octanol–water partition coefficient (Wildman–Crippen LogP) is 3.62. The van der Waals surface area contributed by atoms with E-state index in [-0.39, 0.29) is 5.41 Å². The first-order valence-corrected chi connectivity index (χ1v) is 6.80. The fourth-order valence-corrected chi connectivity index (χ4v) is 1.96. The van der Waals surface area contributed by atoms with Gasteiger partial charge in [0.1, 0.15) is 23.6 Å². The predicted molar refractivity (Wildman–Crippen MR) is 83.3 cm³/mol. The molecule has 0 amide bonds. The highest BCUT2D eigenvalue weighted by Crippen LogP contribution is 2.36. The lowest BCUT2D eigenvalue weighted by Crippen LogP contribution is -2.13. The third-order valence-corrected chi connectivity index (χ3v) is 3.11. The van der Waals surface area contributed by atoms with Crippen LogP contribution in [0.3, 0.4) is 0 Å². The molecule has 0 unspecified atom stereocenters. The van der Waals surface area contributed by atoms with Crippen molar-refractivity contribution < 1.29 is 9.47 Å². The van der Waals surface area contributed by atoms with Crippen LogP contribution >= 0.6 is 0 Å². The molecule has 2 aromatic rings. The number of benzene rings is 1. The average Bonchev–Trinajstić information content (AvgIpc) is 2.46. The Balaban J connectivity index is 2.39. The van der Waals surface area contributed by atoms with Crippen molar-refractivity contribution in [2.24, 2.45) is 0 Å². The highest BCUT2D eigenvalue weighted by atomic mass is 16.5. The van der Waals surface area contributed by atoms with E-state index in [9.17, 15) is 0 Å². The number of aromatic nitrogens is 2. The second-order valence-electron chi connectivity index (χ2n) is 5.71. The second-order valence-corrected chi connectivity index (χ2v) is 5.71. The second kappa shape index (κ2) is 5.99. The highest BCUT2D eigenvalue weighted by molar-refractivity contribution is 5.46. The molecule has 0 atom stereocenters. The summed E-state index contributed by atoms with van der Waals surface area (Å²) in [5, 5.41) is 2.97. The van der Waals surface area contributed by atoms with Crippen LogP contribution in [0.4, 0.5) is 5.82 Å². The van der Waals surface area contributed by atoms with E-state index >= 15 is 0 Å². The molecule has 2 rings (SSSR count). The van der Waals surface area contributed by atoms with Crippen molar-refractivity contribution >= 4 is 5.82 Å². The molecule has 0 saturated carbocycles. The summed E-state index contributed by atoms with van der Waals surface area (Å²) in [6.45, 7) is 6.40. The maximum Gasteiger partial charge on any atom is 0.224 e. The molecule has 21 heavy (non-hydrogen) atoms. The molecule has 1 aromatic carbocycles. The Hall–Kier alpha value is -2.30. The van der Waals surface area contributed by atoms with Gasteiger partial charge in [-0.2, -0.15) is 0 Å². The van der Waals surface area contributed by atoms with Crippen LogP contribution in [0.2, 0.25) is 0 Å². The molecule has 0 fully saturated rings. The van der Waals surface area contributed by atoms with Gasteiger partial charge in [0, 0.05) is 18.7 Å². The van der Waals surface area contributed by atoms with E-state index in [1.54, 1.807) is 20.2 Å². The quantitative estimate of drug-likeness (QED) is 0.930. The van der Waals surface area contributed by atoms with Gasteiger partial charge in [-0.3, -0.25) is 0 Å². The molecule has 1 aromatic heterocycles. The van der Waals surface area contributed by atoms with Crippen LogP contribution in [-0.4, -0.2) is 24.1 Å². The van der Waals surface area contributed by atoms with E-state index in [2.05, 4.69) is 36.1 Å². The van der Waals surface area contributed by atoms with Crippen molar-refractivity contribution in [3.63, 3.8) is 0 Å². The Morgan fingerprint density at radius 2 is 1.86 bits per heavy atom. The minimum atomic E-state index is -0.0667. The molecule has 0 aliphatic rings. The largest absolute Gasteiger partial charge is 0.497 e. The fraction of sp³-hybridized carbons (Fsp3) is 0.375. The van der Waals surface area contributed by atoms with Crippen LogP contribution < -0.4 is 14.8 Å². The molecule has 5 nitrogen and oxygen atoms in total. The van der Waals surface area contributed by atoms with Crippen molar-refractivity contribution in [3.8, 4) is 17.4 Å². The van der Waals surface area contributed by atoms with E-state index in [0.717, 1.165) is 17.1 Å². The van der Waals surface area contributed by atoms with Gasteiger partial charge in [-0.25, -0.2) is 9.97 Å². The molecular weight excluding hydrogens is 266 g/mol. The Labute approximate surface area is 125 Å². The smallest absolute Gasteiger partial charge is 0.224 e. The van der Waals surface area contributed by atoms with Gasteiger partial charge in [-0.1, -0.05) is 20.8 Å². The summed E-state index contributed by atoms with van der Waals surface area (Å²) in [5.74, 6) is 2.80. The van der Waals surface area contributed by atoms with Crippen molar-refractivity contribution in [2.45, 2.75) is 26.2 Å². The van der Waals surface area contributed by atoms with E-state index in [0.29, 0.717) is 11.7 Å². The lowest BCUT2D eigenvalue weighted by atomic mass is 9.86. The first-order valence-electron chi connectivity index (χ1n) is 6.80. The molecule has 1 N–H and O–H groups in total. The Morgan fingerprint density at radius 1 is 1.10 bits per heavy atom. The van der Waals surface area contributed by atoms with Gasteiger partial charge in [-0.05, 0) is 23.6 Å². The Morgan fingerprint density at radius 3 is 2.48 bits per heavy atom. The number of anilines is 1. The number of nitrogens with zero attached hydrogens (tertiary/aromatic N) is 2. The first-order chi connectivity index (χ1) is 9.94. The van der Waals surface area contributed by atoms with E-state index in [4.69, 9.17) is 9.47 Å². The highest BCUT2D eigenvalue weighted by Gasteiger charge is 2.20. The molecule has 0 aliphatic heterocycles. The summed E-state index contributed by atoms with van der Waals surface area (Å²) >= 11 is 0. The van der Waals surface area contributed by atoms with Crippen LogP contribution in [0.15, 0.2) is 30.6 Å². The van der Waals surface area contributed by atoms with Gasteiger partial charge >= 0.3 is 0 Å². The number of nitrogens with one attached hydrogen (secondary N) is 1. The summed E-state index contributed by atoms with van der Waals surface area (Å²) in [4.78, 5) is 8.22. The fourth-order valence-electron chi connectivity index (χ4n) is 1.96. The topological polar surface area (TPSA) is 56.3 Å². The maximum absolute atomic E-state index is 5.93. The lowest BCUT2D eigenvalue weighted by Gasteiger charge is -2.23. The van der Waals surface area contributed by atoms with E-state index < -0.39 is 0 Å². The molecule has 0 spiro atoms. The van der Waals surface area contributed by atoms with Crippen LogP contribution in [-0.2, 0) is 5.41 Å². The van der Waals surface area contributed by atoms with E-state index in [1.807, 2.05) is 18.2 Å². The zero-order valence-corrected chi connectivity index (χ0v) is 13.1. The van der Waals surface area contributed by atoms with E-state index in [1.165, 1.54) is 6.33 Å². The molecule has 0 aliphatic carbocycles. The number of hydrogen-bond donors (Lipinski definition) is 1. The number of ether oxygens (including phenoxy) is 2. The van der Waals surface area contributed by atoms with Crippen LogP contribution in [0, 0.1) is 0 Å². The molecule has 0 radical (unpaired) electrons. The van der Waals surface area contributed by atoms with Crippen molar-refractivity contribution in [3.05, 3.63) is 36.2 Å². The lowest BCUT2D eigenvalue weighted by molar-refractivity contribution is 0.405. The minimum absolute atomic E-state index is 0.0667. The summed E-state index contributed by atoms with van der Waals surface area (Å²) in [6, 6.07) is 7.54. The van der Waals surface area contributed by atoms with Crippen LogP contribution in [0.25, 0.3) is 0 Å². The SMILES string of the molecule is CNc1cc(Oc2ccc(OC)cc2C(C)(C)C)ncn1. The van der Waals surface area contributed by atoms with Gasteiger partial charge in [0.05, 0.1) is 7.11 Å². The van der Waals surface area contributed by atoms with Gasteiger partial charge in [0.15, 0.2) is 0 Å². The van der Waals surface area contributed by atoms with Crippen molar-refractivity contribution in [1.82, 2.24) is 9.97 Å². The van der Waals surface area contributed by atoms with Gasteiger partial charge in [0.2, 0.25) is 5.88 Å². The Bertz CT molecular complexity index is 621. The van der Waals surface area contributed by atoms with Crippen molar-refractivity contribution in [1.29, 1.82) is 0 Å². The summed E-state index contributed by atoms with van der Waals surface area (Å²) in [7, 11) is 3.46. The van der Waals surface area contributed by atoms with Gasteiger partial charge in [-0.15, -0.1) is 0 Å². The van der Waals surface area contributed by atoms with Crippen molar-refractivity contribution in [2.75, 3.05) is 19.5 Å². The first kappa shape index (κ1) is 15.1. The van der Waals surface area contributed by atoms with Crippen LogP contribution in [0.1, 0.15) is 26.3 Å². The monoisotopic (exact) mass is 287 g/mol. The summed E-state index contributed by atoms with van der Waals surface area (Å²) < 4.78 is 11.2.